The molecule has 1 saturated heterocycles. The first-order valence-electron chi connectivity index (χ1n) is 10.6. The molecule has 3 aromatic rings. The van der Waals surface area contributed by atoms with Gasteiger partial charge in [0, 0.05) is 37.8 Å². The molecular formula is C25H23FN4O4. The van der Waals surface area contributed by atoms with Crippen molar-refractivity contribution in [2.75, 3.05) is 45.3 Å². The van der Waals surface area contributed by atoms with Crippen LogP contribution in [-0.4, -0.2) is 56.2 Å². The van der Waals surface area contributed by atoms with Crippen LogP contribution in [0.25, 0.3) is 12.2 Å². The first-order chi connectivity index (χ1) is 16.5. The molecule has 0 spiro atoms. The van der Waals surface area contributed by atoms with Crippen molar-refractivity contribution in [1.29, 1.82) is 5.26 Å². The van der Waals surface area contributed by atoms with Gasteiger partial charge in [-0.15, -0.1) is 0 Å². The predicted molar refractivity (Wildman–Crippen MR) is 124 cm³/mol. The summed E-state index contributed by atoms with van der Waals surface area (Å²) in [6.07, 6.45) is 3.48. The first-order valence-corrected chi connectivity index (χ1v) is 10.6. The number of piperazine rings is 1. The molecule has 1 aliphatic heterocycles. The highest BCUT2D eigenvalue weighted by molar-refractivity contribution is 5.94. The van der Waals surface area contributed by atoms with Gasteiger partial charge in [-0.05, 0) is 48.0 Å². The minimum Gasteiger partial charge on any atom is -0.493 e. The van der Waals surface area contributed by atoms with E-state index in [1.54, 1.807) is 37.3 Å². The Morgan fingerprint density at radius 3 is 2.41 bits per heavy atom. The average molecular weight is 462 g/mol. The number of hydrogen-bond donors (Lipinski definition) is 0. The molecule has 8 nitrogen and oxygen atoms in total. The quantitative estimate of drug-likeness (QED) is 0.550. The second-order valence-corrected chi connectivity index (χ2v) is 7.55. The number of carbonyl (C=O) groups excluding carboxylic acids is 1. The van der Waals surface area contributed by atoms with Crippen LogP contribution < -0.4 is 14.4 Å². The number of rotatable bonds is 6. The molecule has 34 heavy (non-hydrogen) atoms. The molecule has 1 fully saturated rings. The maximum atomic E-state index is 13.1. The molecule has 0 saturated carbocycles. The number of nitriles is 1. The Kier molecular flexibility index (Phi) is 6.78. The largest absolute Gasteiger partial charge is 0.493 e. The summed E-state index contributed by atoms with van der Waals surface area (Å²) in [5, 5.41) is 9.54. The molecule has 1 aliphatic rings. The maximum Gasteiger partial charge on any atom is 0.253 e. The smallest absolute Gasteiger partial charge is 0.253 e. The van der Waals surface area contributed by atoms with E-state index < -0.39 is 0 Å². The van der Waals surface area contributed by atoms with E-state index in [4.69, 9.17) is 13.9 Å². The summed E-state index contributed by atoms with van der Waals surface area (Å²) < 4.78 is 29.6. The fraction of sp³-hybridized carbons (Fsp3) is 0.240. The SMILES string of the molecule is COc1ccc(/C=C/c2nc(C#N)c(N3CCN(C(=O)c4ccc(F)cc4)CC3)o2)cc1OC. The van der Waals surface area contributed by atoms with Gasteiger partial charge in [0.05, 0.1) is 14.2 Å². The van der Waals surface area contributed by atoms with Gasteiger partial charge in [-0.3, -0.25) is 4.79 Å². The van der Waals surface area contributed by atoms with E-state index in [0.29, 0.717) is 55.0 Å². The maximum absolute atomic E-state index is 13.1. The summed E-state index contributed by atoms with van der Waals surface area (Å²) in [6, 6.07) is 13.1. The lowest BCUT2D eigenvalue weighted by atomic mass is 10.2. The third-order valence-electron chi connectivity index (χ3n) is 5.50. The molecule has 0 unspecified atom stereocenters. The lowest BCUT2D eigenvalue weighted by molar-refractivity contribution is 0.0745. The van der Waals surface area contributed by atoms with Crippen LogP contribution in [0, 0.1) is 17.1 Å². The Morgan fingerprint density at radius 1 is 1.06 bits per heavy atom. The third-order valence-corrected chi connectivity index (χ3v) is 5.50. The van der Waals surface area contributed by atoms with Crippen LogP contribution in [0.4, 0.5) is 10.3 Å². The predicted octanol–water partition coefficient (Wildman–Crippen LogP) is 3.84. The molecule has 0 bridgehead atoms. The summed E-state index contributed by atoms with van der Waals surface area (Å²) in [5.41, 5.74) is 1.48. The number of hydrogen-bond acceptors (Lipinski definition) is 7. The molecule has 0 radical (unpaired) electrons. The van der Waals surface area contributed by atoms with Crippen LogP contribution in [0.1, 0.15) is 27.5 Å². The molecule has 0 aliphatic carbocycles. The van der Waals surface area contributed by atoms with Gasteiger partial charge in [0.2, 0.25) is 17.5 Å². The second kappa shape index (κ2) is 10.1. The topological polar surface area (TPSA) is 91.8 Å². The average Bonchev–Trinajstić information content (AvgIpc) is 3.30. The highest BCUT2D eigenvalue weighted by atomic mass is 19.1. The highest BCUT2D eigenvalue weighted by Gasteiger charge is 2.26. The molecule has 9 heteroatoms. The Labute approximate surface area is 196 Å². The van der Waals surface area contributed by atoms with Crippen molar-refractivity contribution >= 4 is 23.9 Å². The molecule has 174 valence electrons. The Balaban J connectivity index is 1.44. The van der Waals surface area contributed by atoms with Crippen LogP contribution in [0.3, 0.4) is 0 Å². The molecule has 0 N–H and O–H groups in total. The number of anilines is 1. The number of benzene rings is 2. The van der Waals surface area contributed by atoms with Crippen molar-refractivity contribution in [3.05, 3.63) is 71.0 Å². The Morgan fingerprint density at radius 2 is 1.76 bits per heavy atom. The van der Waals surface area contributed by atoms with E-state index in [-0.39, 0.29) is 17.4 Å². The van der Waals surface area contributed by atoms with Gasteiger partial charge in [0.15, 0.2) is 11.5 Å². The minimum absolute atomic E-state index is 0.156. The van der Waals surface area contributed by atoms with Crippen molar-refractivity contribution in [1.82, 2.24) is 9.88 Å². The zero-order valence-electron chi connectivity index (χ0n) is 18.8. The van der Waals surface area contributed by atoms with E-state index in [0.717, 1.165) is 5.56 Å². The lowest BCUT2D eigenvalue weighted by Crippen LogP contribution is -2.48. The van der Waals surface area contributed by atoms with E-state index in [1.807, 2.05) is 17.0 Å². The number of ether oxygens (including phenoxy) is 2. The molecule has 1 amide bonds. The summed E-state index contributed by atoms with van der Waals surface area (Å²) in [4.78, 5) is 20.5. The van der Waals surface area contributed by atoms with Crippen molar-refractivity contribution in [2.24, 2.45) is 0 Å². The Hall–Kier alpha value is -4.32. The van der Waals surface area contributed by atoms with E-state index >= 15 is 0 Å². The number of amides is 1. The zero-order valence-corrected chi connectivity index (χ0v) is 18.8. The number of methoxy groups -OCH3 is 2. The molecule has 4 rings (SSSR count). The van der Waals surface area contributed by atoms with Crippen LogP contribution in [0.5, 0.6) is 11.5 Å². The number of nitrogens with zero attached hydrogens (tertiary/aromatic N) is 4. The second-order valence-electron chi connectivity index (χ2n) is 7.55. The minimum atomic E-state index is -0.383. The monoisotopic (exact) mass is 462 g/mol. The van der Waals surface area contributed by atoms with E-state index in [9.17, 15) is 14.4 Å². The van der Waals surface area contributed by atoms with Gasteiger partial charge in [0.25, 0.3) is 5.91 Å². The lowest BCUT2D eigenvalue weighted by Gasteiger charge is -2.34. The normalized spacial score (nSPS) is 13.7. The number of aromatic nitrogens is 1. The standard InChI is InChI=1S/C25H23FN4O4/c1-32-21-9-3-17(15-22(21)33-2)4-10-23-28-20(16-27)25(34-23)30-13-11-29(12-14-30)24(31)18-5-7-19(26)8-6-18/h3-10,15H,11-14H2,1-2H3/b10-4+. The van der Waals surface area contributed by atoms with Crippen LogP contribution in [-0.2, 0) is 0 Å². The molecular weight excluding hydrogens is 439 g/mol. The highest BCUT2D eigenvalue weighted by Crippen LogP contribution is 2.29. The summed E-state index contributed by atoms with van der Waals surface area (Å²) >= 11 is 0. The van der Waals surface area contributed by atoms with E-state index in [1.165, 1.54) is 24.3 Å². The van der Waals surface area contributed by atoms with Gasteiger partial charge < -0.3 is 23.7 Å². The van der Waals surface area contributed by atoms with Crippen molar-refractivity contribution in [3.63, 3.8) is 0 Å². The number of carbonyl (C=O) groups is 1. The molecule has 1 aromatic heterocycles. The summed E-state index contributed by atoms with van der Waals surface area (Å²) in [7, 11) is 3.14. The molecule has 0 atom stereocenters. The molecule has 2 aromatic carbocycles. The van der Waals surface area contributed by atoms with Gasteiger partial charge in [-0.2, -0.15) is 10.2 Å². The van der Waals surface area contributed by atoms with Crippen LogP contribution >= 0.6 is 0 Å². The summed E-state index contributed by atoms with van der Waals surface area (Å²) in [5.74, 6) is 1.36. The van der Waals surface area contributed by atoms with Crippen LogP contribution in [0.15, 0.2) is 46.9 Å². The summed E-state index contributed by atoms with van der Waals surface area (Å²) in [6.45, 7) is 1.85. The number of oxazole rings is 1. The fourth-order valence-corrected chi connectivity index (χ4v) is 3.70. The first kappa shape index (κ1) is 22.9. The number of halogens is 1. The fourth-order valence-electron chi connectivity index (χ4n) is 3.70. The van der Waals surface area contributed by atoms with E-state index in [2.05, 4.69) is 11.1 Å². The zero-order chi connectivity index (χ0) is 24.1. The van der Waals surface area contributed by atoms with Crippen molar-refractivity contribution < 1.29 is 23.1 Å². The van der Waals surface area contributed by atoms with Crippen molar-refractivity contribution in [2.45, 2.75) is 0 Å². The van der Waals surface area contributed by atoms with Crippen LogP contribution in [0.2, 0.25) is 0 Å². The van der Waals surface area contributed by atoms with Crippen molar-refractivity contribution in [3.8, 4) is 17.6 Å². The Bertz CT molecular complexity index is 1240. The third kappa shape index (κ3) is 4.86. The molecule has 2 heterocycles. The van der Waals surface area contributed by atoms with Gasteiger partial charge in [-0.1, -0.05) is 6.07 Å². The van der Waals surface area contributed by atoms with Gasteiger partial charge >= 0.3 is 0 Å². The van der Waals surface area contributed by atoms with Gasteiger partial charge in [0.1, 0.15) is 11.9 Å². The van der Waals surface area contributed by atoms with Gasteiger partial charge in [-0.25, -0.2) is 4.39 Å².